The fraction of sp³-hybridized carbons (Fsp3) is 0.900. The first-order chi connectivity index (χ1) is 8.08. The van der Waals surface area contributed by atoms with E-state index in [1.54, 1.807) is 0 Å². The highest BCUT2D eigenvalue weighted by Crippen LogP contribution is 2.17. The highest BCUT2D eigenvalue weighted by Gasteiger charge is 2.32. The Hall–Kier alpha value is -0.820. The zero-order valence-corrected chi connectivity index (χ0v) is 10.6. The summed E-state index contributed by atoms with van der Waals surface area (Å²) in [5.41, 5.74) is 0. The summed E-state index contributed by atoms with van der Waals surface area (Å²) < 4.78 is 23.0. The summed E-state index contributed by atoms with van der Waals surface area (Å²) in [5.74, 6) is 0.183. The first kappa shape index (κ1) is 12.6. The van der Waals surface area contributed by atoms with Crippen LogP contribution in [0.2, 0.25) is 0 Å². The van der Waals surface area contributed by atoms with Crippen molar-refractivity contribution in [2.75, 3.05) is 18.8 Å². The summed E-state index contributed by atoms with van der Waals surface area (Å²) in [4.78, 5) is 11.5. The van der Waals surface area contributed by atoms with Crippen LogP contribution in [0.4, 0.5) is 4.79 Å². The van der Waals surface area contributed by atoms with Crippen LogP contribution in [0.25, 0.3) is 0 Å². The number of carbonyl (C=O) groups is 1. The Morgan fingerprint density at radius 2 is 2.12 bits per heavy atom. The highest BCUT2D eigenvalue weighted by molar-refractivity contribution is 7.92. The number of urea groups is 1. The topological polar surface area (TPSA) is 87.3 Å². The quantitative estimate of drug-likeness (QED) is 0.643. The van der Waals surface area contributed by atoms with E-state index in [4.69, 9.17) is 0 Å². The SMILES string of the molecule is O=C(NCC1CCCN1)NC1CCCS1(=O)=O. The minimum Gasteiger partial charge on any atom is -0.337 e. The molecule has 0 spiro atoms. The van der Waals surface area contributed by atoms with Gasteiger partial charge in [0.1, 0.15) is 5.37 Å². The van der Waals surface area contributed by atoms with Crippen LogP contribution in [0.3, 0.4) is 0 Å². The molecular weight excluding hydrogens is 242 g/mol. The second-order valence-electron chi connectivity index (χ2n) is 4.65. The Balaban J connectivity index is 1.73. The van der Waals surface area contributed by atoms with Crippen molar-refractivity contribution in [2.45, 2.75) is 37.1 Å². The molecule has 2 unspecified atom stereocenters. The highest BCUT2D eigenvalue weighted by atomic mass is 32.2. The Morgan fingerprint density at radius 3 is 2.71 bits per heavy atom. The van der Waals surface area contributed by atoms with Crippen LogP contribution in [0, 0.1) is 0 Å². The normalized spacial score (nSPS) is 31.3. The minimum absolute atomic E-state index is 0.183. The van der Waals surface area contributed by atoms with Crippen molar-refractivity contribution in [3.63, 3.8) is 0 Å². The van der Waals surface area contributed by atoms with Crippen molar-refractivity contribution in [2.24, 2.45) is 0 Å². The fourth-order valence-corrected chi connectivity index (χ4v) is 3.96. The first-order valence-corrected chi connectivity index (χ1v) is 7.79. The third-order valence-corrected chi connectivity index (χ3v) is 5.37. The van der Waals surface area contributed by atoms with E-state index in [1.807, 2.05) is 0 Å². The van der Waals surface area contributed by atoms with E-state index in [1.165, 1.54) is 0 Å². The zero-order valence-electron chi connectivity index (χ0n) is 9.74. The van der Waals surface area contributed by atoms with E-state index in [2.05, 4.69) is 16.0 Å². The van der Waals surface area contributed by atoms with Crippen LogP contribution in [0.15, 0.2) is 0 Å². The average Bonchev–Trinajstić information content (AvgIpc) is 2.86. The molecule has 2 amide bonds. The molecule has 0 saturated carbocycles. The van der Waals surface area contributed by atoms with Crippen molar-refractivity contribution in [3.8, 4) is 0 Å². The van der Waals surface area contributed by atoms with Gasteiger partial charge in [0.2, 0.25) is 0 Å². The molecule has 17 heavy (non-hydrogen) atoms. The van der Waals surface area contributed by atoms with Gasteiger partial charge in [-0.15, -0.1) is 0 Å². The molecule has 2 rings (SSSR count). The van der Waals surface area contributed by atoms with Crippen molar-refractivity contribution in [3.05, 3.63) is 0 Å². The smallest absolute Gasteiger partial charge is 0.315 e. The van der Waals surface area contributed by atoms with Crippen LogP contribution < -0.4 is 16.0 Å². The van der Waals surface area contributed by atoms with Crippen molar-refractivity contribution in [1.29, 1.82) is 0 Å². The van der Waals surface area contributed by atoms with E-state index in [0.717, 1.165) is 19.4 Å². The number of hydrogen-bond donors (Lipinski definition) is 3. The van der Waals surface area contributed by atoms with Gasteiger partial charge in [-0.2, -0.15) is 0 Å². The molecule has 3 N–H and O–H groups in total. The lowest BCUT2D eigenvalue weighted by atomic mass is 10.2. The molecule has 0 aromatic rings. The summed E-state index contributed by atoms with van der Waals surface area (Å²) in [6, 6.07) is -0.0601. The molecule has 0 radical (unpaired) electrons. The third-order valence-electron chi connectivity index (χ3n) is 3.29. The third kappa shape index (κ3) is 3.32. The van der Waals surface area contributed by atoms with Crippen molar-refractivity contribution < 1.29 is 13.2 Å². The molecule has 98 valence electrons. The summed E-state index contributed by atoms with van der Waals surface area (Å²) in [6.07, 6.45) is 3.35. The Labute approximate surface area is 101 Å². The molecule has 2 aliphatic heterocycles. The lowest BCUT2D eigenvalue weighted by molar-refractivity contribution is 0.238. The second kappa shape index (κ2) is 5.22. The summed E-state index contributed by atoms with van der Waals surface area (Å²) >= 11 is 0. The predicted molar refractivity (Wildman–Crippen MR) is 64.4 cm³/mol. The maximum absolute atomic E-state index is 11.5. The molecule has 0 bridgehead atoms. The Bertz CT molecular complexity index is 376. The van der Waals surface area contributed by atoms with E-state index in [0.29, 0.717) is 25.4 Å². The second-order valence-corrected chi connectivity index (χ2v) is 6.95. The van der Waals surface area contributed by atoms with Crippen molar-refractivity contribution >= 4 is 15.9 Å². The molecule has 2 fully saturated rings. The lowest BCUT2D eigenvalue weighted by Crippen LogP contribution is -2.47. The average molecular weight is 261 g/mol. The largest absolute Gasteiger partial charge is 0.337 e. The zero-order chi connectivity index (χ0) is 12.3. The number of rotatable bonds is 3. The number of nitrogens with one attached hydrogen (secondary N) is 3. The van der Waals surface area contributed by atoms with Crippen LogP contribution in [0.5, 0.6) is 0 Å². The van der Waals surface area contributed by atoms with Gasteiger partial charge in [-0.3, -0.25) is 0 Å². The molecule has 2 heterocycles. The molecule has 2 aliphatic rings. The first-order valence-electron chi connectivity index (χ1n) is 6.07. The fourth-order valence-electron chi connectivity index (χ4n) is 2.30. The van der Waals surface area contributed by atoms with Gasteiger partial charge in [0.15, 0.2) is 9.84 Å². The standard InChI is InChI=1S/C10H19N3O3S/c14-10(12-7-8-3-1-5-11-8)13-9-4-2-6-17(9,15)16/h8-9,11H,1-7H2,(H2,12,13,14). The molecule has 6 nitrogen and oxygen atoms in total. The van der Waals surface area contributed by atoms with Gasteiger partial charge in [-0.25, -0.2) is 13.2 Å². The predicted octanol–water partition coefficient (Wildman–Crippen LogP) is -0.428. The summed E-state index contributed by atoms with van der Waals surface area (Å²) in [7, 11) is -3.11. The van der Waals surface area contributed by atoms with E-state index in [-0.39, 0.29) is 11.8 Å². The lowest BCUT2D eigenvalue weighted by Gasteiger charge is -2.15. The Morgan fingerprint density at radius 1 is 1.29 bits per heavy atom. The number of amides is 2. The molecule has 0 aromatic heterocycles. The molecule has 0 aromatic carbocycles. The minimum atomic E-state index is -3.11. The van der Waals surface area contributed by atoms with Gasteiger partial charge in [0.25, 0.3) is 0 Å². The van der Waals surface area contributed by atoms with E-state index >= 15 is 0 Å². The molecule has 7 heteroatoms. The maximum atomic E-state index is 11.5. The molecule has 2 atom stereocenters. The number of sulfone groups is 1. The summed E-state index contributed by atoms with van der Waals surface area (Å²) in [6.45, 7) is 1.55. The van der Waals surface area contributed by atoms with Gasteiger partial charge in [-0.1, -0.05) is 0 Å². The molecule has 2 saturated heterocycles. The van der Waals surface area contributed by atoms with Gasteiger partial charge in [0, 0.05) is 12.6 Å². The van der Waals surface area contributed by atoms with Crippen LogP contribution in [-0.4, -0.2) is 44.7 Å². The van der Waals surface area contributed by atoms with Gasteiger partial charge >= 0.3 is 6.03 Å². The van der Waals surface area contributed by atoms with Gasteiger partial charge in [0.05, 0.1) is 5.75 Å². The van der Waals surface area contributed by atoms with Crippen LogP contribution >= 0.6 is 0 Å². The monoisotopic (exact) mass is 261 g/mol. The van der Waals surface area contributed by atoms with E-state index < -0.39 is 15.2 Å². The van der Waals surface area contributed by atoms with Crippen molar-refractivity contribution in [1.82, 2.24) is 16.0 Å². The van der Waals surface area contributed by atoms with Crippen LogP contribution in [-0.2, 0) is 9.84 Å². The molecular formula is C10H19N3O3S. The number of carbonyl (C=O) groups excluding carboxylic acids is 1. The van der Waals surface area contributed by atoms with Crippen LogP contribution in [0.1, 0.15) is 25.7 Å². The number of hydrogen-bond acceptors (Lipinski definition) is 4. The maximum Gasteiger partial charge on any atom is 0.315 e. The summed E-state index contributed by atoms with van der Waals surface area (Å²) in [5, 5.41) is 7.81. The van der Waals surface area contributed by atoms with E-state index in [9.17, 15) is 13.2 Å². The van der Waals surface area contributed by atoms with Gasteiger partial charge < -0.3 is 16.0 Å². The van der Waals surface area contributed by atoms with Gasteiger partial charge in [-0.05, 0) is 32.2 Å². The molecule has 0 aliphatic carbocycles. The Kier molecular flexibility index (Phi) is 3.88.